The smallest absolute Gasteiger partial charge is 0.372 e. The van der Waals surface area contributed by atoms with E-state index in [1.54, 1.807) is 0 Å². The molecule has 0 saturated carbocycles. The van der Waals surface area contributed by atoms with Gasteiger partial charge in [-0.2, -0.15) is 13.2 Å². The maximum absolute atomic E-state index is 11.7. The Labute approximate surface area is 98.7 Å². The summed E-state index contributed by atoms with van der Waals surface area (Å²) in [7, 11) is 0. The molecule has 6 heteroatoms. The topological polar surface area (TPSA) is 12.5 Å². The van der Waals surface area contributed by atoms with E-state index in [4.69, 9.17) is 11.6 Å². The Balaban J connectivity index is 2.03. The van der Waals surface area contributed by atoms with Crippen LogP contribution in [0.3, 0.4) is 0 Å². The lowest BCUT2D eigenvalue weighted by Gasteiger charge is -2.22. The third kappa shape index (κ3) is 5.37. The summed E-state index contributed by atoms with van der Waals surface area (Å²) in [4.78, 5) is 2.23. The highest BCUT2D eigenvalue weighted by Gasteiger charge is 2.27. The third-order valence-corrected chi connectivity index (χ3v) is 3.03. The Bertz CT molecular complexity index is 201. The second-order valence-electron chi connectivity index (χ2n) is 4.01. The number of halogens is 4. The summed E-state index contributed by atoms with van der Waals surface area (Å²) in [6, 6.07) is 0.393. The van der Waals surface area contributed by atoms with Gasteiger partial charge in [0.15, 0.2) is 0 Å². The van der Waals surface area contributed by atoms with Gasteiger partial charge in [-0.3, -0.25) is 4.90 Å². The van der Waals surface area contributed by atoms with Gasteiger partial charge in [0.2, 0.25) is 0 Å². The first-order valence-electron chi connectivity index (χ1n) is 5.47. The molecule has 0 bridgehead atoms. The van der Waals surface area contributed by atoms with Crippen LogP contribution >= 0.6 is 11.6 Å². The SMILES string of the molecule is FC(F)(F)COCCCN1CCCC1CCl. The van der Waals surface area contributed by atoms with Crippen LogP contribution < -0.4 is 0 Å². The molecule has 16 heavy (non-hydrogen) atoms. The molecule has 0 aliphatic carbocycles. The minimum atomic E-state index is -4.22. The molecule has 0 aromatic heterocycles. The fourth-order valence-corrected chi connectivity index (χ4v) is 2.27. The van der Waals surface area contributed by atoms with Gasteiger partial charge >= 0.3 is 6.18 Å². The van der Waals surface area contributed by atoms with Crippen LogP contribution in [0.4, 0.5) is 13.2 Å². The molecule has 0 aromatic carbocycles. The highest BCUT2D eigenvalue weighted by molar-refractivity contribution is 6.18. The summed E-state index contributed by atoms with van der Waals surface area (Å²) in [5.41, 5.74) is 0. The molecule has 0 aromatic rings. The van der Waals surface area contributed by atoms with E-state index in [-0.39, 0.29) is 6.61 Å². The molecular weight excluding hydrogens is 243 g/mol. The molecule has 1 fully saturated rings. The van der Waals surface area contributed by atoms with Gasteiger partial charge in [-0.25, -0.2) is 0 Å². The van der Waals surface area contributed by atoms with Crippen molar-refractivity contribution in [3.8, 4) is 0 Å². The standard InChI is InChI=1S/C10H17ClF3NO/c11-7-9-3-1-4-15(9)5-2-6-16-8-10(12,13)14/h9H,1-8H2. The Morgan fingerprint density at radius 3 is 2.75 bits per heavy atom. The molecule has 96 valence electrons. The van der Waals surface area contributed by atoms with E-state index in [2.05, 4.69) is 9.64 Å². The van der Waals surface area contributed by atoms with Gasteiger partial charge < -0.3 is 4.74 Å². The molecule has 1 aliphatic rings. The van der Waals surface area contributed by atoms with Crippen molar-refractivity contribution in [1.29, 1.82) is 0 Å². The zero-order valence-corrected chi connectivity index (χ0v) is 9.86. The number of hydrogen-bond acceptors (Lipinski definition) is 2. The molecule has 1 aliphatic heterocycles. The Hall–Kier alpha value is 0. The van der Waals surface area contributed by atoms with Gasteiger partial charge in [-0.05, 0) is 25.8 Å². The molecule has 2 nitrogen and oxygen atoms in total. The molecule has 1 rings (SSSR count). The van der Waals surface area contributed by atoms with Gasteiger partial charge in [0.1, 0.15) is 6.61 Å². The summed E-state index contributed by atoms with van der Waals surface area (Å²) in [5, 5.41) is 0. The summed E-state index contributed by atoms with van der Waals surface area (Å²) in [6.45, 7) is 0.781. The summed E-state index contributed by atoms with van der Waals surface area (Å²) < 4.78 is 39.8. The molecule has 0 N–H and O–H groups in total. The minimum absolute atomic E-state index is 0.158. The van der Waals surface area contributed by atoms with E-state index < -0.39 is 12.8 Å². The highest BCUT2D eigenvalue weighted by Crippen LogP contribution is 2.18. The van der Waals surface area contributed by atoms with Gasteiger partial charge in [0.05, 0.1) is 0 Å². The number of likely N-dealkylation sites (tertiary alicyclic amines) is 1. The van der Waals surface area contributed by atoms with Crippen molar-refractivity contribution in [3.63, 3.8) is 0 Å². The minimum Gasteiger partial charge on any atom is -0.372 e. The number of hydrogen-bond donors (Lipinski definition) is 0. The second-order valence-corrected chi connectivity index (χ2v) is 4.32. The Kier molecular flexibility index (Phi) is 5.86. The lowest BCUT2D eigenvalue weighted by atomic mass is 10.2. The molecule has 0 radical (unpaired) electrons. The van der Waals surface area contributed by atoms with Crippen molar-refractivity contribution < 1.29 is 17.9 Å². The van der Waals surface area contributed by atoms with Crippen LogP contribution in [0.25, 0.3) is 0 Å². The van der Waals surface area contributed by atoms with Crippen molar-refractivity contribution in [2.45, 2.75) is 31.5 Å². The van der Waals surface area contributed by atoms with Crippen molar-refractivity contribution in [1.82, 2.24) is 4.90 Å². The van der Waals surface area contributed by atoms with Crippen LogP contribution in [0.5, 0.6) is 0 Å². The first-order valence-corrected chi connectivity index (χ1v) is 6.01. The maximum Gasteiger partial charge on any atom is 0.411 e. The van der Waals surface area contributed by atoms with Crippen LogP contribution in [0.15, 0.2) is 0 Å². The number of alkyl halides is 4. The summed E-state index contributed by atoms with van der Waals surface area (Å²) in [5.74, 6) is 0.601. The van der Waals surface area contributed by atoms with Gasteiger partial charge in [0, 0.05) is 25.1 Å². The zero-order valence-electron chi connectivity index (χ0n) is 9.10. The van der Waals surface area contributed by atoms with E-state index >= 15 is 0 Å². The Morgan fingerprint density at radius 2 is 2.12 bits per heavy atom. The average Bonchev–Trinajstić information content (AvgIpc) is 2.63. The van der Waals surface area contributed by atoms with E-state index in [1.165, 1.54) is 0 Å². The van der Waals surface area contributed by atoms with E-state index in [0.29, 0.717) is 18.3 Å². The first kappa shape index (κ1) is 14.1. The Morgan fingerprint density at radius 1 is 1.38 bits per heavy atom. The van der Waals surface area contributed by atoms with Crippen LogP contribution in [0, 0.1) is 0 Å². The van der Waals surface area contributed by atoms with Gasteiger partial charge in [-0.1, -0.05) is 0 Å². The quantitative estimate of drug-likeness (QED) is 0.537. The van der Waals surface area contributed by atoms with E-state index in [1.807, 2.05) is 0 Å². The van der Waals surface area contributed by atoms with Crippen molar-refractivity contribution in [2.24, 2.45) is 0 Å². The van der Waals surface area contributed by atoms with Crippen LogP contribution in [-0.4, -0.2) is 49.3 Å². The zero-order chi connectivity index (χ0) is 12.0. The van der Waals surface area contributed by atoms with Crippen LogP contribution in [-0.2, 0) is 4.74 Å². The molecule has 1 atom stereocenters. The van der Waals surface area contributed by atoms with Crippen LogP contribution in [0.2, 0.25) is 0 Å². The third-order valence-electron chi connectivity index (χ3n) is 2.68. The normalized spacial score (nSPS) is 22.9. The number of rotatable bonds is 6. The fourth-order valence-electron chi connectivity index (χ4n) is 1.92. The lowest BCUT2D eigenvalue weighted by Crippen LogP contribution is -2.32. The summed E-state index contributed by atoms with van der Waals surface area (Å²) in [6.07, 6.45) is -1.37. The largest absolute Gasteiger partial charge is 0.411 e. The summed E-state index contributed by atoms with van der Waals surface area (Å²) >= 11 is 5.78. The van der Waals surface area contributed by atoms with Crippen LogP contribution in [0.1, 0.15) is 19.3 Å². The maximum atomic E-state index is 11.7. The lowest BCUT2D eigenvalue weighted by molar-refractivity contribution is -0.174. The number of nitrogens with zero attached hydrogens (tertiary/aromatic N) is 1. The molecule has 0 amide bonds. The predicted molar refractivity (Wildman–Crippen MR) is 56.8 cm³/mol. The van der Waals surface area contributed by atoms with E-state index in [0.717, 1.165) is 25.9 Å². The van der Waals surface area contributed by atoms with Gasteiger partial charge in [-0.15, -0.1) is 11.6 Å². The first-order chi connectivity index (χ1) is 7.53. The van der Waals surface area contributed by atoms with Crippen molar-refractivity contribution in [3.05, 3.63) is 0 Å². The molecule has 1 heterocycles. The monoisotopic (exact) mass is 259 g/mol. The van der Waals surface area contributed by atoms with Crippen molar-refractivity contribution >= 4 is 11.6 Å². The molecule has 1 unspecified atom stereocenters. The molecule has 0 spiro atoms. The predicted octanol–water partition coefficient (Wildman–Crippen LogP) is 2.66. The molecule has 1 saturated heterocycles. The van der Waals surface area contributed by atoms with Gasteiger partial charge in [0.25, 0.3) is 0 Å². The van der Waals surface area contributed by atoms with E-state index in [9.17, 15) is 13.2 Å². The van der Waals surface area contributed by atoms with Crippen molar-refractivity contribution in [2.75, 3.05) is 32.2 Å². The molecular formula is C10H17ClF3NO. The average molecular weight is 260 g/mol. The second kappa shape index (κ2) is 6.67. The number of ether oxygens (including phenoxy) is 1. The highest BCUT2D eigenvalue weighted by atomic mass is 35.5. The fraction of sp³-hybridized carbons (Fsp3) is 1.00.